The Hall–Kier alpha value is -1.81. The van der Waals surface area contributed by atoms with Gasteiger partial charge in [0.2, 0.25) is 0 Å². The molecule has 19 heavy (non-hydrogen) atoms. The number of rotatable bonds is 6. The van der Waals surface area contributed by atoms with Crippen molar-refractivity contribution in [1.82, 2.24) is 4.98 Å². The summed E-state index contributed by atoms with van der Waals surface area (Å²) in [5, 5.41) is 0. The Morgan fingerprint density at radius 2 is 2.21 bits per heavy atom. The fourth-order valence-corrected chi connectivity index (χ4v) is 2.07. The number of furan rings is 1. The number of nitrogens with two attached hydrogens (primary N) is 1. The summed E-state index contributed by atoms with van der Waals surface area (Å²) in [5.41, 5.74) is 7.23. The van der Waals surface area contributed by atoms with Crippen LogP contribution in [0.5, 0.6) is 0 Å². The molecule has 0 aliphatic rings. The Morgan fingerprint density at radius 1 is 1.37 bits per heavy atom. The molecule has 0 spiro atoms. The molecule has 0 bridgehead atoms. The monoisotopic (exact) mass is 259 g/mol. The lowest BCUT2D eigenvalue weighted by atomic mass is 10.1. The zero-order valence-electron chi connectivity index (χ0n) is 11.5. The number of hydrogen-bond donors (Lipinski definition) is 1. The van der Waals surface area contributed by atoms with E-state index in [4.69, 9.17) is 10.2 Å². The van der Waals surface area contributed by atoms with E-state index >= 15 is 0 Å². The zero-order chi connectivity index (χ0) is 13.7. The summed E-state index contributed by atoms with van der Waals surface area (Å²) in [6, 6.07) is 8.10. The van der Waals surface area contributed by atoms with Gasteiger partial charge in [-0.15, -0.1) is 0 Å². The molecular weight excluding hydrogens is 238 g/mol. The van der Waals surface area contributed by atoms with Gasteiger partial charge in [0, 0.05) is 19.3 Å². The summed E-state index contributed by atoms with van der Waals surface area (Å²) < 4.78 is 5.37. The van der Waals surface area contributed by atoms with Crippen molar-refractivity contribution in [1.29, 1.82) is 0 Å². The van der Waals surface area contributed by atoms with Crippen LogP contribution in [0.1, 0.15) is 24.7 Å². The normalized spacial score (nSPS) is 12.4. The average molecular weight is 259 g/mol. The highest BCUT2D eigenvalue weighted by Crippen LogP contribution is 2.19. The van der Waals surface area contributed by atoms with E-state index in [2.05, 4.69) is 22.9 Å². The standard InChI is InChI=1S/C15H21N3O/c1-3-13(16)10-12-6-4-8-17-15(12)18(2)11-14-7-5-9-19-14/h4-9,13H,3,10-11,16H2,1-2H3. The third kappa shape index (κ3) is 3.58. The van der Waals surface area contributed by atoms with Crippen molar-refractivity contribution in [2.24, 2.45) is 5.73 Å². The summed E-state index contributed by atoms with van der Waals surface area (Å²) in [5.74, 6) is 1.90. The van der Waals surface area contributed by atoms with Crippen molar-refractivity contribution in [3.63, 3.8) is 0 Å². The zero-order valence-corrected chi connectivity index (χ0v) is 11.5. The lowest BCUT2D eigenvalue weighted by Gasteiger charge is -2.21. The summed E-state index contributed by atoms with van der Waals surface area (Å²) in [7, 11) is 2.02. The van der Waals surface area contributed by atoms with E-state index in [1.807, 2.05) is 31.4 Å². The molecule has 2 N–H and O–H groups in total. The van der Waals surface area contributed by atoms with Gasteiger partial charge in [0.1, 0.15) is 11.6 Å². The van der Waals surface area contributed by atoms with Crippen LogP contribution in [0.3, 0.4) is 0 Å². The first-order valence-electron chi connectivity index (χ1n) is 6.63. The quantitative estimate of drug-likeness (QED) is 0.866. The van der Waals surface area contributed by atoms with Gasteiger partial charge in [0.05, 0.1) is 12.8 Å². The summed E-state index contributed by atoms with van der Waals surface area (Å²) in [6.07, 6.45) is 5.32. The van der Waals surface area contributed by atoms with Crippen molar-refractivity contribution in [2.75, 3.05) is 11.9 Å². The van der Waals surface area contributed by atoms with Crippen LogP contribution >= 0.6 is 0 Å². The van der Waals surface area contributed by atoms with Crippen molar-refractivity contribution in [3.05, 3.63) is 48.0 Å². The van der Waals surface area contributed by atoms with Crippen LogP contribution < -0.4 is 10.6 Å². The van der Waals surface area contributed by atoms with Crippen LogP contribution in [0, 0.1) is 0 Å². The van der Waals surface area contributed by atoms with E-state index in [0.717, 1.165) is 24.4 Å². The molecule has 0 aliphatic heterocycles. The van der Waals surface area contributed by atoms with Crippen molar-refractivity contribution < 1.29 is 4.42 Å². The van der Waals surface area contributed by atoms with Gasteiger partial charge in [-0.25, -0.2) is 4.98 Å². The van der Waals surface area contributed by atoms with Crippen molar-refractivity contribution in [2.45, 2.75) is 32.4 Å². The first kappa shape index (κ1) is 13.6. The van der Waals surface area contributed by atoms with Crippen LogP contribution in [0.25, 0.3) is 0 Å². The molecule has 2 aromatic heterocycles. The SMILES string of the molecule is CCC(N)Cc1cccnc1N(C)Cc1ccco1. The minimum atomic E-state index is 0.181. The molecule has 0 saturated carbocycles. The Morgan fingerprint density at radius 3 is 2.89 bits per heavy atom. The van der Waals surface area contributed by atoms with Gasteiger partial charge in [-0.1, -0.05) is 13.0 Å². The van der Waals surface area contributed by atoms with Crippen LogP contribution in [-0.4, -0.2) is 18.1 Å². The Balaban J connectivity index is 2.14. The fraction of sp³-hybridized carbons (Fsp3) is 0.400. The smallest absolute Gasteiger partial charge is 0.131 e. The van der Waals surface area contributed by atoms with Crippen molar-refractivity contribution >= 4 is 5.82 Å². The maximum absolute atomic E-state index is 6.05. The molecule has 1 atom stereocenters. The van der Waals surface area contributed by atoms with E-state index in [1.165, 1.54) is 5.56 Å². The molecule has 1 unspecified atom stereocenters. The van der Waals surface area contributed by atoms with Crippen LogP contribution in [-0.2, 0) is 13.0 Å². The highest BCUT2D eigenvalue weighted by atomic mass is 16.3. The van der Waals surface area contributed by atoms with E-state index in [1.54, 1.807) is 6.26 Å². The van der Waals surface area contributed by atoms with E-state index in [0.29, 0.717) is 6.54 Å². The summed E-state index contributed by atoms with van der Waals surface area (Å²) >= 11 is 0. The lowest BCUT2D eigenvalue weighted by molar-refractivity contribution is 0.506. The molecule has 2 heterocycles. The van der Waals surface area contributed by atoms with Gasteiger partial charge >= 0.3 is 0 Å². The maximum atomic E-state index is 6.05. The molecule has 4 heteroatoms. The van der Waals surface area contributed by atoms with Gasteiger partial charge in [-0.05, 0) is 36.6 Å². The second kappa shape index (κ2) is 6.38. The predicted molar refractivity (Wildman–Crippen MR) is 77.0 cm³/mol. The molecule has 0 fully saturated rings. The van der Waals surface area contributed by atoms with E-state index in [-0.39, 0.29) is 6.04 Å². The van der Waals surface area contributed by atoms with Crippen LogP contribution in [0.4, 0.5) is 5.82 Å². The number of nitrogens with zero attached hydrogens (tertiary/aromatic N) is 2. The first-order valence-corrected chi connectivity index (χ1v) is 6.63. The van der Waals surface area contributed by atoms with Gasteiger partial charge in [0.15, 0.2) is 0 Å². The van der Waals surface area contributed by atoms with Gasteiger partial charge < -0.3 is 15.1 Å². The van der Waals surface area contributed by atoms with Gasteiger partial charge in [-0.3, -0.25) is 0 Å². The van der Waals surface area contributed by atoms with E-state index < -0.39 is 0 Å². The van der Waals surface area contributed by atoms with Crippen LogP contribution in [0.15, 0.2) is 41.1 Å². The topological polar surface area (TPSA) is 55.3 Å². The minimum Gasteiger partial charge on any atom is -0.467 e. The molecule has 4 nitrogen and oxygen atoms in total. The second-order valence-corrected chi connectivity index (χ2v) is 4.79. The van der Waals surface area contributed by atoms with Crippen LogP contribution in [0.2, 0.25) is 0 Å². The highest BCUT2D eigenvalue weighted by Gasteiger charge is 2.12. The summed E-state index contributed by atoms with van der Waals surface area (Å²) in [4.78, 5) is 6.57. The Kier molecular flexibility index (Phi) is 4.58. The Labute approximate surface area is 114 Å². The molecule has 0 aliphatic carbocycles. The Bertz CT molecular complexity index is 496. The van der Waals surface area contributed by atoms with Gasteiger partial charge in [-0.2, -0.15) is 0 Å². The van der Waals surface area contributed by atoms with E-state index in [9.17, 15) is 0 Å². The molecular formula is C15H21N3O. The molecule has 0 saturated heterocycles. The largest absolute Gasteiger partial charge is 0.467 e. The predicted octanol–water partition coefficient (Wildman–Crippen LogP) is 2.59. The molecule has 2 rings (SSSR count). The molecule has 102 valence electrons. The second-order valence-electron chi connectivity index (χ2n) is 4.79. The molecule has 0 amide bonds. The number of aromatic nitrogens is 1. The van der Waals surface area contributed by atoms with Gasteiger partial charge in [0.25, 0.3) is 0 Å². The molecule has 2 aromatic rings. The number of hydrogen-bond acceptors (Lipinski definition) is 4. The summed E-state index contributed by atoms with van der Waals surface area (Å²) in [6.45, 7) is 2.81. The molecule has 0 radical (unpaired) electrons. The minimum absolute atomic E-state index is 0.181. The molecule has 0 aromatic carbocycles. The number of pyridine rings is 1. The fourth-order valence-electron chi connectivity index (χ4n) is 2.07. The van der Waals surface area contributed by atoms with Crippen molar-refractivity contribution in [3.8, 4) is 0 Å². The first-order chi connectivity index (χ1) is 9.20. The average Bonchev–Trinajstić information content (AvgIpc) is 2.92. The lowest BCUT2D eigenvalue weighted by Crippen LogP contribution is -2.24. The third-order valence-electron chi connectivity index (χ3n) is 3.21. The number of anilines is 1. The maximum Gasteiger partial charge on any atom is 0.131 e. The third-order valence-corrected chi connectivity index (χ3v) is 3.21. The highest BCUT2D eigenvalue weighted by molar-refractivity contribution is 5.46.